The second kappa shape index (κ2) is 11.2. The molecule has 7 heteroatoms. The molecule has 1 N–H and O–H groups in total. The number of aryl methyl sites for hydroxylation is 1. The average Bonchev–Trinajstić information content (AvgIpc) is 3.59. The van der Waals surface area contributed by atoms with Gasteiger partial charge in [0.1, 0.15) is 5.82 Å². The van der Waals surface area contributed by atoms with E-state index >= 15 is 0 Å². The summed E-state index contributed by atoms with van der Waals surface area (Å²) in [7, 11) is 2.04. The molecule has 0 radical (unpaired) electrons. The van der Waals surface area contributed by atoms with E-state index in [1.54, 1.807) is 0 Å². The molecule has 2 fully saturated rings. The monoisotopic (exact) mass is 510 g/mol. The molecule has 2 saturated heterocycles. The van der Waals surface area contributed by atoms with Gasteiger partial charge in [-0.1, -0.05) is 36.4 Å². The van der Waals surface area contributed by atoms with Crippen molar-refractivity contribution < 1.29 is 4.74 Å². The molecule has 4 aromatic rings. The number of nitrogens with zero attached hydrogens (tertiary/aromatic N) is 5. The van der Waals surface area contributed by atoms with Crippen molar-refractivity contribution in [2.24, 2.45) is 7.05 Å². The van der Waals surface area contributed by atoms with Crippen molar-refractivity contribution in [1.82, 2.24) is 24.6 Å². The lowest BCUT2D eigenvalue weighted by atomic mass is 10.0. The molecular weight excluding hydrogens is 472 g/mol. The van der Waals surface area contributed by atoms with Gasteiger partial charge in [0.15, 0.2) is 0 Å². The van der Waals surface area contributed by atoms with Crippen molar-refractivity contribution in [3.63, 3.8) is 0 Å². The fourth-order valence-electron chi connectivity index (χ4n) is 5.71. The van der Waals surface area contributed by atoms with Gasteiger partial charge in [0, 0.05) is 56.4 Å². The number of hydrogen-bond acceptors (Lipinski definition) is 6. The second-order valence-electron chi connectivity index (χ2n) is 10.7. The van der Waals surface area contributed by atoms with E-state index < -0.39 is 0 Å². The largest absolute Gasteiger partial charge is 0.379 e. The Morgan fingerprint density at radius 3 is 2.55 bits per heavy atom. The average molecular weight is 511 g/mol. The minimum atomic E-state index is 0.167. The number of likely N-dealkylation sites (tertiary alicyclic amines) is 1. The third kappa shape index (κ3) is 5.60. The van der Waals surface area contributed by atoms with Crippen LogP contribution in [0.15, 0.2) is 60.9 Å². The molecule has 0 amide bonds. The van der Waals surface area contributed by atoms with E-state index in [9.17, 15) is 0 Å². The predicted molar refractivity (Wildman–Crippen MR) is 153 cm³/mol. The van der Waals surface area contributed by atoms with Crippen LogP contribution in [0.4, 0.5) is 5.82 Å². The zero-order chi connectivity index (χ0) is 25.9. The third-order valence-electron chi connectivity index (χ3n) is 7.99. The molecule has 0 aliphatic carbocycles. The molecule has 1 atom stereocenters. The Kier molecular flexibility index (Phi) is 7.40. The molecule has 38 heavy (non-hydrogen) atoms. The van der Waals surface area contributed by atoms with Crippen LogP contribution in [-0.2, 0) is 24.9 Å². The third-order valence-corrected chi connectivity index (χ3v) is 7.99. The molecule has 0 saturated carbocycles. The van der Waals surface area contributed by atoms with Gasteiger partial charge in [-0.3, -0.25) is 14.5 Å². The number of anilines is 1. The number of fused-ring (bicyclic) bond motifs is 1. The number of benzene rings is 2. The van der Waals surface area contributed by atoms with E-state index in [0.29, 0.717) is 0 Å². The van der Waals surface area contributed by atoms with E-state index in [1.807, 2.05) is 24.1 Å². The van der Waals surface area contributed by atoms with Gasteiger partial charge in [0.25, 0.3) is 0 Å². The molecule has 0 spiro atoms. The summed E-state index contributed by atoms with van der Waals surface area (Å²) in [6, 6.07) is 17.9. The zero-order valence-electron chi connectivity index (χ0n) is 22.6. The molecule has 1 unspecified atom stereocenters. The number of pyridine rings is 1. The van der Waals surface area contributed by atoms with Gasteiger partial charge in [-0.15, -0.1) is 0 Å². The summed E-state index contributed by atoms with van der Waals surface area (Å²) in [5.41, 5.74) is 6.30. The Bertz CT molecular complexity index is 1390. The smallest absolute Gasteiger partial charge is 0.126 e. The van der Waals surface area contributed by atoms with Crippen molar-refractivity contribution in [3.05, 3.63) is 77.7 Å². The number of morpholine rings is 1. The fourth-order valence-corrected chi connectivity index (χ4v) is 5.71. The topological polar surface area (TPSA) is 58.5 Å². The molecule has 2 aliphatic rings. The minimum absolute atomic E-state index is 0.167. The molecule has 2 aromatic heterocycles. The molecule has 4 heterocycles. The van der Waals surface area contributed by atoms with Crippen LogP contribution < -0.4 is 5.32 Å². The fraction of sp³-hybridized carbons (Fsp3) is 0.419. The second-order valence-corrected chi connectivity index (χ2v) is 10.7. The first-order chi connectivity index (χ1) is 18.6. The Morgan fingerprint density at radius 2 is 1.71 bits per heavy atom. The van der Waals surface area contributed by atoms with Crippen LogP contribution in [0.5, 0.6) is 0 Å². The van der Waals surface area contributed by atoms with Gasteiger partial charge < -0.3 is 10.1 Å². The Labute approximate surface area is 225 Å². The molecule has 7 nitrogen and oxygen atoms in total. The SMILES string of the molecule is CC(Nc1cc2cc(-c3cnn(C)c3CN3CCOCC3)ccc2cn1)c1cccc(CN2CCCC2)c1. The summed E-state index contributed by atoms with van der Waals surface area (Å²) in [4.78, 5) is 9.72. The van der Waals surface area contributed by atoms with Crippen molar-refractivity contribution in [1.29, 1.82) is 0 Å². The highest BCUT2D eigenvalue weighted by molar-refractivity contribution is 5.88. The lowest BCUT2D eigenvalue weighted by Crippen LogP contribution is -2.36. The molecule has 2 aliphatic heterocycles. The quantitative estimate of drug-likeness (QED) is 0.350. The minimum Gasteiger partial charge on any atom is -0.379 e. The molecule has 6 rings (SSSR count). The molecule has 2 aromatic carbocycles. The lowest BCUT2D eigenvalue weighted by Gasteiger charge is -2.27. The highest BCUT2D eigenvalue weighted by Crippen LogP contribution is 2.30. The van der Waals surface area contributed by atoms with Gasteiger partial charge >= 0.3 is 0 Å². The van der Waals surface area contributed by atoms with E-state index in [4.69, 9.17) is 9.72 Å². The Balaban J connectivity index is 1.20. The van der Waals surface area contributed by atoms with Crippen LogP contribution in [0.2, 0.25) is 0 Å². The molecular formula is C31H38N6O. The maximum atomic E-state index is 5.53. The molecule has 198 valence electrons. The normalized spacial score (nSPS) is 17.7. The summed E-state index contributed by atoms with van der Waals surface area (Å²) >= 11 is 0. The summed E-state index contributed by atoms with van der Waals surface area (Å²) in [5, 5.41) is 10.6. The van der Waals surface area contributed by atoms with E-state index in [0.717, 1.165) is 50.6 Å². The van der Waals surface area contributed by atoms with Crippen molar-refractivity contribution in [2.75, 3.05) is 44.7 Å². The summed E-state index contributed by atoms with van der Waals surface area (Å²) < 4.78 is 7.54. The van der Waals surface area contributed by atoms with E-state index in [2.05, 4.69) is 75.7 Å². The first kappa shape index (κ1) is 25.0. The highest BCUT2D eigenvalue weighted by atomic mass is 16.5. The number of rotatable bonds is 8. The highest BCUT2D eigenvalue weighted by Gasteiger charge is 2.18. The first-order valence-electron chi connectivity index (χ1n) is 13.9. The summed E-state index contributed by atoms with van der Waals surface area (Å²) in [6.07, 6.45) is 6.61. The van der Waals surface area contributed by atoms with Gasteiger partial charge in [-0.2, -0.15) is 5.10 Å². The number of ether oxygens (including phenoxy) is 1. The van der Waals surface area contributed by atoms with Crippen molar-refractivity contribution in [2.45, 2.75) is 38.9 Å². The maximum absolute atomic E-state index is 5.53. The van der Waals surface area contributed by atoms with Crippen LogP contribution in [-0.4, -0.2) is 64.0 Å². The van der Waals surface area contributed by atoms with E-state index in [1.165, 1.54) is 59.3 Å². The Hall–Kier alpha value is -3.26. The van der Waals surface area contributed by atoms with Gasteiger partial charge in [-0.25, -0.2) is 4.98 Å². The van der Waals surface area contributed by atoms with Gasteiger partial charge in [-0.05, 0) is 67.1 Å². The first-order valence-corrected chi connectivity index (χ1v) is 13.9. The van der Waals surface area contributed by atoms with Crippen molar-refractivity contribution in [3.8, 4) is 11.1 Å². The summed E-state index contributed by atoms with van der Waals surface area (Å²) in [6.45, 7) is 10.1. The van der Waals surface area contributed by atoms with Crippen LogP contribution in [0.25, 0.3) is 21.9 Å². The number of aromatic nitrogens is 3. The molecule has 0 bridgehead atoms. The van der Waals surface area contributed by atoms with Crippen LogP contribution >= 0.6 is 0 Å². The van der Waals surface area contributed by atoms with Crippen LogP contribution in [0.3, 0.4) is 0 Å². The lowest BCUT2D eigenvalue weighted by molar-refractivity contribution is 0.0332. The zero-order valence-corrected chi connectivity index (χ0v) is 22.6. The predicted octanol–water partition coefficient (Wildman–Crippen LogP) is 5.24. The number of hydrogen-bond donors (Lipinski definition) is 1. The van der Waals surface area contributed by atoms with Gasteiger partial charge in [0.05, 0.1) is 25.1 Å². The van der Waals surface area contributed by atoms with Crippen LogP contribution in [0, 0.1) is 0 Å². The van der Waals surface area contributed by atoms with Crippen molar-refractivity contribution >= 4 is 16.6 Å². The number of nitrogens with one attached hydrogen (secondary N) is 1. The van der Waals surface area contributed by atoms with E-state index in [-0.39, 0.29) is 6.04 Å². The summed E-state index contributed by atoms with van der Waals surface area (Å²) in [5.74, 6) is 0.895. The standard InChI is InChI=1S/C31H38N6O/c1-23(25-7-5-6-24(16-25)21-36-10-3-4-11-36)34-31-18-28-17-26(8-9-27(28)19-32-31)29-20-33-35(2)30(29)22-37-12-14-38-15-13-37/h5-9,16-20,23H,3-4,10-15,21-22H2,1-2H3,(H,32,34). The van der Waals surface area contributed by atoms with Crippen LogP contribution in [0.1, 0.15) is 42.6 Å². The van der Waals surface area contributed by atoms with Gasteiger partial charge in [0.2, 0.25) is 0 Å². The Morgan fingerprint density at radius 1 is 0.895 bits per heavy atom. The maximum Gasteiger partial charge on any atom is 0.126 e.